The molecule has 1 aliphatic rings. The first kappa shape index (κ1) is 25.0. The Kier molecular flexibility index (Phi) is 7.41. The number of carbonyl (C=O) groups excluding carboxylic acids is 3. The molecule has 0 spiro atoms. The summed E-state index contributed by atoms with van der Waals surface area (Å²) in [6.07, 6.45) is 0. The monoisotopic (exact) mass is 515 g/mol. The average Bonchev–Trinajstić information content (AvgIpc) is 3.47. The fourth-order valence-corrected chi connectivity index (χ4v) is 4.39. The van der Waals surface area contributed by atoms with Gasteiger partial charge in [0.15, 0.2) is 23.2 Å². The molecule has 190 valence electrons. The summed E-state index contributed by atoms with van der Waals surface area (Å²) < 4.78 is 26.0. The molecule has 1 atom stereocenters. The molecule has 0 fully saturated rings. The second-order valence-electron chi connectivity index (χ2n) is 7.78. The Morgan fingerprint density at radius 3 is 2.58 bits per heavy atom. The number of primary amides is 1. The van der Waals surface area contributed by atoms with Crippen LogP contribution in [0.1, 0.15) is 37.7 Å². The molecular weight excluding hydrogens is 490 g/mol. The predicted octanol–water partition coefficient (Wildman–Crippen LogP) is 1.65. The lowest BCUT2D eigenvalue weighted by Crippen LogP contribution is -2.44. The normalized spacial score (nSPS) is 13.2. The summed E-state index contributed by atoms with van der Waals surface area (Å²) in [4.78, 5) is 40.3. The molecule has 3 aromatic rings. The molecule has 13 heteroatoms. The Balaban J connectivity index is 1.85. The van der Waals surface area contributed by atoms with E-state index >= 15 is 0 Å². The Labute approximate surface area is 210 Å². The van der Waals surface area contributed by atoms with Gasteiger partial charge in [-0.05, 0) is 42.7 Å². The van der Waals surface area contributed by atoms with Crippen molar-refractivity contribution in [3.8, 4) is 11.5 Å². The molecule has 3 heterocycles. The van der Waals surface area contributed by atoms with Crippen molar-refractivity contribution in [2.75, 3.05) is 44.1 Å². The fraction of sp³-hybridized carbons (Fsp3) is 0.304. The number of hydrogen-bond donors (Lipinski definition) is 3. The van der Waals surface area contributed by atoms with Gasteiger partial charge in [-0.15, -0.1) is 0 Å². The SMILES string of the molecule is COCCNC(=O)C(c1ccc(C)o1)N(C(=O)c1snc(C(N)=O)c1N)c1ccc2c(c1)OCCO2. The number of furan rings is 1. The molecule has 0 aliphatic carbocycles. The number of aryl methyl sites for hydroxylation is 1. The number of amides is 3. The standard InChI is InChI=1S/C23H25N5O7S/c1-12-3-5-15(35-12)19(22(30)26-7-8-32-2)28(13-4-6-14-16(11-13)34-10-9-33-14)23(31)20-17(24)18(21(25)29)27-36-20/h3-6,11,19H,7-10,24H2,1-2H3,(H2,25,29)(H,26,30). The summed E-state index contributed by atoms with van der Waals surface area (Å²) in [7, 11) is 1.51. The number of hydrogen-bond acceptors (Lipinski definition) is 10. The van der Waals surface area contributed by atoms with E-state index in [0.717, 1.165) is 0 Å². The van der Waals surface area contributed by atoms with E-state index in [1.54, 1.807) is 37.3 Å². The van der Waals surface area contributed by atoms with Crippen molar-refractivity contribution in [2.24, 2.45) is 5.73 Å². The van der Waals surface area contributed by atoms with E-state index < -0.39 is 23.8 Å². The predicted molar refractivity (Wildman–Crippen MR) is 130 cm³/mol. The molecule has 1 aromatic carbocycles. The van der Waals surface area contributed by atoms with Gasteiger partial charge in [0.05, 0.1) is 12.3 Å². The first-order chi connectivity index (χ1) is 17.3. The molecule has 3 amide bonds. The minimum atomic E-state index is -1.25. The fourth-order valence-electron chi connectivity index (χ4n) is 3.65. The number of rotatable bonds is 9. The second kappa shape index (κ2) is 10.7. The molecule has 1 unspecified atom stereocenters. The maximum atomic E-state index is 14.0. The summed E-state index contributed by atoms with van der Waals surface area (Å²) in [5.41, 5.74) is 11.3. The van der Waals surface area contributed by atoms with Crippen LogP contribution in [0.15, 0.2) is 34.7 Å². The van der Waals surface area contributed by atoms with Crippen molar-refractivity contribution in [3.05, 3.63) is 52.4 Å². The molecule has 4 rings (SSSR count). The number of ether oxygens (including phenoxy) is 3. The van der Waals surface area contributed by atoms with Gasteiger partial charge in [-0.25, -0.2) is 0 Å². The van der Waals surface area contributed by atoms with Gasteiger partial charge in [-0.1, -0.05) is 0 Å². The zero-order chi connectivity index (χ0) is 25.8. The number of fused-ring (bicyclic) bond motifs is 1. The minimum Gasteiger partial charge on any atom is -0.486 e. The number of anilines is 2. The van der Waals surface area contributed by atoms with Crippen LogP contribution in [0.3, 0.4) is 0 Å². The highest BCUT2D eigenvalue weighted by Gasteiger charge is 2.38. The van der Waals surface area contributed by atoms with Crippen molar-refractivity contribution in [1.82, 2.24) is 9.69 Å². The Morgan fingerprint density at radius 2 is 1.94 bits per heavy atom. The summed E-state index contributed by atoms with van der Waals surface area (Å²) in [5.74, 6) is -0.421. The van der Waals surface area contributed by atoms with Crippen molar-refractivity contribution in [2.45, 2.75) is 13.0 Å². The van der Waals surface area contributed by atoms with Crippen molar-refractivity contribution < 1.29 is 33.0 Å². The highest BCUT2D eigenvalue weighted by Crippen LogP contribution is 2.39. The summed E-state index contributed by atoms with van der Waals surface area (Å²) in [5, 5.41) is 2.76. The number of nitrogens with two attached hydrogens (primary N) is 2. The molecule has 36 heavy (non-hydrogen) atoms. The maximum Gasteiger partial charge on any atom is 0.273 e. The highest BCUT2D eigenvalue weighted by molar-refractivity contribution is 7.09. The van der Waals surface area contributed by atoms with Crippen molar-refractivity contribution in [3.63, 3.8) is 0 Å². The van der Waals surface area contributed by atoms with Crippen LogP contribution in [0.2, 0.25) is 0 Å². The molecular formula is C23H25N5O7S. The van der Waals surface area contributed by atoms with Crippen LogP contribution in [0, 0.1) is 6.92 Å². The number of carbonyl (C=O) groups is 3. The lowest BCUT2D eigenvalue weighted by atomic mass is 10.1. The van der Waals surface area contributed by atoms with Crippen molar-refractivity contribution >= 4 is 40.6 Å². The van der Waals surface area contributed by atoms with Crippen molar-refractivity contribution in [1.29, 1.82) is 0 Å². The molecule has 0 saturated heterocycles. The van der Waals surface area contributed by atoms with Gasteiger partial charge in [0.2, 0.25) is 0 Å². The first-order valence-electron chi connectivity index (χ1n) is 10.9. The minimum absolute atomic E-state index is 0.0586. The van der Waals surface area contributed by atoms with Crippen LogP contribution in [0.25, 0.3) is 0 Å². The number of nitrogens with one attached hydrogen (secondary N) is 1. The number of methoxy groups -OCH3 is 1. The third-order valence-electron chi connectivity index (χ3n) is 5.32. The summed E-state index contributed by atoms with van der Waals surface area (Å²) in [6.45, 7) is 2.89. The first-order valence-corrected chi connectivity index (χ1v) is 11.7. The largest absolute Gasteiger partial charge is 0.486 e. The molecule has 5 N–H and O–H groups in total. The van der Waals surface area contributed by atoms with E-state index in [4.69, 9.17) is 30.1 Å². The van der Waals surface area contributed by atoms with Crippen LogP contribution >= 0.6 is 11.5 Å². The third-order valence-corrected chi connectivity index (χ3v) is 6.17. The van der Waals surface area contributed by atoms with E-state index in [0.29, 0.717) is 47.7 Å². The molecule has 0 saturated carbocycles. The van der Waals surface area contributed by atoms with E-state index in [1.807, 2.05) is 0 Å². The van der Waals surface area contributed by atoms with Gasteiger partial charge < -0.3 is 35.4 Å². The zero-order valence-electron chi connectivity index (χ0n) is 19.6. The van der Waals surface area contributed by atoms with E-state index in [2.05, 4.69) is 9.69 Å². The van der Waals surface area contributed by atoms with Crippen LogP contribution in [-0.4, -0.2) is 55.6 Å². The topological polar surface area (TPSA) is 172 Å². The third kappa shape index (κ3) is 4.97. The van der Waals surface area contributed by atoms with E-state index in [1.165, 1.54) is 12.0 Å². The lowest BCUT2D eigenvalue weighted by Gasteiger charge is -2.30. The smallest absolute Gasteiger partial charge is 0.273 e. The summed E-state index contributed by atoms with van der Waals surface area (Å²) >= 11 is 0.710. The van der Waals surface area contributed by atoms with Gasteiger partial charge >= 0.3 is 0 Å². The van der Waals surface area contributed by atoms with E-state index in [9.17, 15) is 14.4 Å². The van der Waals surface area contributed by atoms with Crippen LogP contribution in [-0.2, 0) is 9.53 Å². The Hall–Kier alpha value is -4.10. The molecule has 1 aliphatic heterocycles. The highest BCUT2D eigenvalue weighted by atomic mass is 32.1. The van der Waals surface area contributed by atoms with Gasteiger partial charge in [-0.2, -0.15) is 4.37 Å². The number of benzene rings is 1. The van der Waals surface area contributed by atoms with E-state index in [-0.39, 0.29) is 35.2 Å². The molecule has 0 bridgehead atoms. The summed E-state index contributed by atoms with van der Waals surface area (Å²) in [6, 6.07) is 6.89. The second-order valence-corrected chi connectivity index (χ2v) is 8.55. The number of nitrogens with zero attached hydrogens (tertiary/aromatic N) is 2. The molecule has 0 radical (unpaired) electrons. The molecule has 2 aromatic heterocycles. The average molecular weight is 516 g/mol. The van der Waals surface area contributed by atoms with Gasteiger partial charge in [0, 0.05) is 25.4 Å². The Morgan fingerprint density at radius 1 is 1.19 bits per heavy atom. The lowest BCUT2D eigenvalue weighted by molar-refractivity contribution is -0.123. The number of nitrogen functional groups attached to an aromatic ring is 1. The zero-order valence-corrected chi connectivity index (χ0v) is 20.4. The van der Waals surface area contributed by atoms with Crippen LogP contribution < -0.4 is 31.2 Å². The van der Waals surface area contributed by atoms with Crippen LogP contribution in [0.4, 0.5) is 11.4 Å². The van der Waals surface area contributed by atoms with Crippen LogP contribution in [0.5, 0.6) is 11.5 Å². The molecule has 12 nitrogen and oxygen atoms in total. The quantitative estimate of drug-likeness (QED) is 0.358. The Bertz CT molecular complexity index is 1290. The number of aromatic nitrogens is 1. The van der Waals surface area contributed by atoms with Gasteiger partial charge in [-0.3, -0.25) is 19.3 Å². The van der Waals surface area contributed by atoms with Gasteiger partial charge in [0.25, 0.3) is 17.7 Å². The maximum absolute atomic E-state index is 14.0. The van der Waals surface area contributed by atoms with Gasteiger partial charge in [0.1, 0.15) is 29.6 Å².